The molecule has 2 aromatic rings. The summed E-state index contributed by atoms with van der Waals surface area (Å²) in [5.41, 5.74) is 1.87. The zero-order chi connectivity index (χ0) is 18.1. The van der Waals surface area contributed by atoms with E-state index in [1.807, 2.05) is 39.1 Å². The molecule has 1 fully saturated rings. The topological polar surface area (TPSA) is 88.9 Å². The first kappa shape index (κ1) is 17.6. The van der Waals surface area contributed by atoms with Gasteiger partial charge >= 0.3 is 11.8 Å². The SMILES string of the molecule is CC(C)c1cc(NC(=O)C(=O)Nc2nc(C3CC3)cs2)n(C(C)C)n1. The molecule has 2 heterocycles. The van der Waals surface area contributed by atoms with Crippen LogP contribution in [-0.2, 0) is 9.59 Å². The molecule has 0 radical (unpaired) electrons. The first-order valence-corrected chi connectivity index (χ1v) is 9.40. The summed E-state index contributed by atoms with van der Waals surface area (Å²) >= 11 is 1.35. The molecule has 1 aliphatic carbocycles. The minimum absolute atomic E-state index is 0.0749. The van der Waals surface area contributed by atoms with E-state index in [0.29, 0.717) is 16.9 Å². The number of nitrogens with zero attached hydrogens (tertiary/aromatic N) is 3. The molecule has 0 unspecified atom stereocenters. The lowest BCUT2D eigenvalue weighted by Crippen LogP contribution is -2.30. The summed E-state index contributed by atoms with van der Waals surface area (Å²) in [5, 5.41) is 12.1. The van der Waals surface area contributed by atoms with Crippen LogP contribution in [0.5, 0.6) is 0 Å². The normalized spacial score (nSPS) is 14.2. The van der Waals surface area contributed by atoms with Crippen LogP contribution < -0.4 is 10.6 Å². The van der Waals surface area contributed by atoms with Crippen molar-refractivity contribution in [2.24, 2.45) is 0 Å². The van der Waals surface area contributed by atoms with Gasteiger partial charge in [-0.2, -0.15) is 5.10 Å². The van der Waals surface area contributed by atoms with Gasteiger partial charge in [-0.3, -0.25) is 14.9 Å². The molecule has 0 bridgehead atoms. The van der Waals surface area contributed by atoms with Crippen molar-refractivity contribution in [1.82, 2.24) is 14.8 Å². The van der Waals surface area contributed by atoms with Crippen LogP contribution in [0.15, 0.2) is 11.4 Å². The van der Waals surface area contributed by atoms with Crippen molar-refractivity contribution in [2.75, 3.05) is 10.6 Å². The summed E-state index contributed by atoms with van der Waals surface area (Å²) in [7, 11) is 0. The summed E-state index contributed by atoms with van der Waals surface area (Å²) < 4.78 is 1.72. The molecule has 2 aromatic heterocycles. The molecule has 2 N–H and O–H groups in total. The van der Waals surface area contributed by atoms with Gasteiger partial charge in [-0.1, -0.05) is 13.8 Å². The van der Waals surface area contributed by atoms with E-state index in [1.54, 1.807) is 4.68 Å². The van der Waals surface area contributed by atoms with E-state index in [4.69, 9.17) is 0 Å². The summed E-state index contributed by atoms with van der Waals surface area (Å²) in [6.07, 6.45) is 2.30. The van der Waals surface area contributed by atoms with Crippen molar-refractivity contribution in [3.63, 3.8) is 0 Å². The average molecular weight is 361 g/mol. The molecule has 8 heteroatoms. The van der Waals surface area contributed by atoms with Gasteiger partial charge < -0.3 is 5.32 Å². The summed E-state index contributed by atoms with van der Waals surface area (Å²) in [5.74, 6) is -0.164. The van der Waals surface area contributed by atoms with Gasteiger partial charge in [0, 0.05) is 23.4 Å². The molecule has 1 aliphatic rings. The Morgan fingerprint density at radius 1 is 1.20 bits per heavy atom. The number of amides is 2. The van der Waals surface area contributed by atoms with E-state index in [-0.39, 0.29) is 12.0 Å². The first-order chi connectivity index (χ1) is 11.8. The maximum atomic E-state index is 12.2. The minimum atomic E-state index is -0.723. The molecule has 0 saturated heterocycles. The van der Waals surface area contributed by atoms with Gasteiger partial charge in [-0.25, -0.2) is 9.67 Å². The lowest BCUT2D eigenvalue weighted by atomic mass is 10.1. The highest BCUT2D eigenvalue weighted by molar-refractivity contribution is 7.14. The predicted octanol–water partition coefficient (Wildman–Crippen LogP) is 3.50. The lowest BCUT2D eigenvalue weighted by Gasteiger charge is -2.11. The fourth-order valence-electron chi connectivity index (χ4n) is 2.42. The minimum Gasteiger partial charge on any atom is -0.302 e. The van der Waals surface area contributed by atoms with E-state index in [9.17, 15) is 9.59 Å². The molecule has 25 heavy (non-hydrogen) atoms. The van der Waals surface area contributed by atoms with Crippen LogP contribution >= 0.6 is 11.3 Å². The number of hydrogen-bond acceptors (Lipinski definition) is 5. The molecule has 3 rings (SSSR count). The fourth-order valence-corrected chi connectivity index (χ4v) is 3.21. The predicted molar refractivity (Wildman–Crippen MR) is 98.0 cm³/mol. The quantitative estimate of drug-likeness (QED) is 0.798. The maximum absolute atomic E-state index is 12.2. The largest absolute Gasteiger partial charge is 0.315 e. The highest BCUT2D eigenvalue weighted by atomic mass is 32.1. The third-order valence-corrected chi connectivity index (χ3v) is 4.80. The van der Waals surface area contributed by atoms with Gasteiger partial charge in [0.2, 0.25) is 0 Å². The Morgan fingerprint density at radius 2 is 1.88 bits per heavy atom. The van der Waals surface area contributed by atoms with Crippen LogP contribution in [0.3, 0.4) is 0 Å². The Labute approximate surface area is 150 Å². The fraction of sp³-hybridized carbons (Fsp3) is 0.529. The highest BCUT2D eigenvalue weighted by Gasteiger charge is 2.27. The number of aromatic nitrogens is 3. The van der Waals surface area contributed by atoms with E-state index in [0.717, 1.165) is 24.2 Å². The number of carbonyl (C=O) groups is 2. The zero-order valence-electron chi connectivity index (χ0n) is 14.9. The van der Waals surface area contributed by atoms with Gasteiger partial charge in [-0.15, -0.1) is 11.3 Å². The molecule has 0 aliphatic heterocycles. The third kappa shape index (κ3) is 4.07. The number of carbonyl (C=O) groups excluding carboxylic acids is 2. The Kier molecular flexibility index (Phi) is 4.89. The number of hydrogen-bond donors (Lipinski definition) is 2. The summed E-state index contributed by atoms with van der Waals surface area (Å²) in [6, 6.07) is 1.88. The van der Waals surface area contributed by atoms with Crippen LogP contribution in [0.2, 0.25) is 0 Å². The molecule has 0 atom stereocenters. The van der Waals surface area contributed by atoms with Crippen LogP contribution in [0.1, 0.15) is 69.8 Å². The lowest BCUT2D eigenvalue weighted by molar-refractivity contribution is -0.133. The van der Waals surface area contributed by atoms with Gasteiger partial charge in [0.25, 0.3) is 0 Å². The van der Waals surface area contributed by atoms with Crippen LogP contribution in [0, 0.1) is 0 Å². The van der Waals surface area contributed by atoms with Gasteiger partial charge in [0.1, 0.15) is 5.82 Å². The van der Waals surface area contributed by atoms with Gasteiger partial charge in [-0.05, 0) is 32.6 Å². The molecule has 0 aromatic carbocycles. The van der Waals surface area contributed by atoms with Crippen LogP contribution in [0.4, 0.5) is 10.9 Å². The Morgan fingerprint density at radius 3 is 2.48 bits per heavy atom. The van der Waals surface area contributed by atoms with Crippen molar-refractivity contribution in [3.8, 4) is 0 Å². The molecule has 2 amide bonds. The summed E-state index contributed by atoms with van der Waals surface area (Å²) in [4.78, 5) is 28.7. The van der Waals surface area contributed by atoms with E-state index in [1.165, 1.54) is 11.3 Å². The number of nitrogens with one attached hydrogen (secondary N) is 2. The molecule has 7 nitrogen and oxygen atoms in total. The summed E-state index contributed by atoms with van der Waals surface area (Å²) in [6.45, 7) is 8.01. The third-order valence-electron chi connectivity index (χ3n) is 4.02. The maximum Gasteiger partial charge on any atom is 0.315 e. The van der Waals surface area contributed by atoms with E-state index in [2.05, 4.69) is 20.7 Å². The van der Waals surface area contributed by atoms with Gasteiger partial charge in [0.15, 0.2) is 5.13 Å². The number of anilines is 2. The van der Waals surface area contributed by atoms with Crippen molar-refractivity contribution in [3.05, 3.63) is 22.8 Å². The molecule has 134 valence electrons. The van der Waals surface area contributed by atoms with Gasteiger partial charge in [0.05, 0.1) is 11.4 Å². The van der Waals surface area contributed by atoms with Crippen LogP contribution in [0.25, 0.3) is 0 Å². The van der Waals surface area contributed by atoms with Crippen molar-refractivity contribution in [1.29, 1.82) is 0 Å². The molecular weight excluding hydrogens is 338 g/mol. The number of thiazole rings is 1. The van der Waals surface area contributed by atoms with Crippen molar-refractivity contribution in [2.45, 2.75) is 58.4 Å². The first-order valence-electron chi connectivity index (χ1n) is 8.52. The number of rotatable bonds is 5. The van der Waals surface area contributed by atoms with Crippen molar-refractivity contribution >= 4 is 34.1 Å². The standard InChI is InChI=1S/C17H23N5O2S/c1-9(2)12-7-14(22(21-12)10(3)4)19-15(23)16(24)20-17-18-13(8-25-17)11-5-6-11/h7-11H,5-6H2,1-4H3,(H,19,23)(H,18,20,24). The Hall–Kier alpha value is -2.22. The Bertz CT molecular complexity index is 789. The molecular formula is C17H23N5O2S. The zero-order valence-corrected chi connectivity index (χ0v) is 15.7. The van der Waals surface area contributed by atoms with E-state index < -0.39 is 11.8 Å². The Balaban J connectivity index is 1.67. The monoisotopic (exact) mass is 361 g/mol. The second-order valence-corrected chi connectivity index (χ2v) is 7.77. The second-order valence-electron chi connectivity index (χ2n) is 6.91. The molecule has 0 spiro atoms. The smallest absolute Gasteiger partial charge is 0.302 e. The second kappa shape index (κ2) is 6.95. The average Bonchev–Trinajstić information content (AvgIpc) is 3.13. The van der Waals surface area contributed by atoms with E-state index >= 15 is 0 Å². The molecule has 1 saturated carbocycles. The highest BCUT2D eigenvalue weighted by Crippen LogP contribution is 2.40. The van der Waals surface area contributed by atoms with Crippen molar-refractivity contribution < 1.29 is 9.59 Å². The van der Waals surface area contributed by atoms with Crippen LogP contribution in [-0.4, -0.2) is 26.6 Å².